The van der Waals surface area contributed by atoms with Gasteiger partial charge < -0.3 is 10.6 Å². The summed E-state index contributed by atoms with van der Waals surface area (Å²) in [6.07, 6.45) is 6.69. The van der Waals surface area contributed by atoms with Crippen LogP contribution in [-0.2, 0) is 4.79 Å². The van der Waals surface area contributed by atoms with Gasteiger partial charge in [-0.25, -0.2) is 0 Å². The Bertz CT molecular complexity index is 215. The summed E-state index contributed by atoms with van der Waals surface area (Å²) in [6.45, 7) is 3.46. The Labute approximate surface area is 105 Å². The van der Waals surface area contributed by atoms with Gasteiger partial charge in [0.1, 0.15) is 0 Å². The molecule has 0 aromatic carbocycles. The molecule has 1 aliphatic rings. The number of halogens is 1. The van der Waals surface area contributed by atoms with Gasteiger partial charge in [0.05, 0.1) is 0 Å². The molecule has 1 amide bonds. The maximum absolute atomic E-state index is 11.9. The lowest BCUT2D eigenvalue weighted by Gasteiger charge is -2.36. The predicted octanol–water partition coefficient (Wildman–Crippen LogP) is 2.19. The van der Waals surface area contributed by atoms with E-state index in [1.54, 1.807) is 4.90 Å². The highest BCUT2D eigenvalue weighted by Crippen LogP contribution is 2.38. The van der Waals surface area contributed by atoms with Crippen LogP contribution in [0.3, 0.4) is 0 Å². The van der Waals surface area contributed by atoms with E-state index in [-0.39, 0.29) is 23.7 Å². The van der Waals surface area contributed by atoms with Gasteiger partial charge in [-0.2, -0.15) is 0 Å². The van der Waals surface area contributed by atoms with Crippen molar-refractivity contribution < 1.29 is 4.79 Å². The molecule has 1 aliphatic carbocycles. The number of hydrogen-bond acceptors (Lipinski definition) is 2. The maximum atomic E-state index is 11.9. The summed E-state index contributed by atoms with van der Waals surface area (Å²) in [7, 11) is 1.87. The molecule has 1 fully saturated rings. The van der Waals surface area contributed by atoms with Crippen molar-refractivity contribution in [3.05, 3.63) is 0 Å². The number of nitrogens with two attached hydrogens (primary N) is 1. The van der Waals surface area contributed by atoms with E-state index in [9.17, 15) is 4.79 Å². The molecule has 0 unspecified atom stereocenters. The van der Waals surface area contributed by atoms with Crippen molar-refractivity contribution in [1.82, 2.24) is 4.90 Å². The van der Waals surface area contributed by atoms with Crippen molar-refractivity contribution in [3.8, 4) is 0 Å². The van der Waals surface area contributed by atoms with Crippen LogP contribution in [0.1, 0.15) is 45.4 Å². The number of nitrogens with zero attached hydrogens (tertiary/aromatic N) is 1. The van der Waals surface area contributed by atoms with Gasteiger partial charge in [-0.15, -0.1) is 12.4 Å². The zero-order valence-corrected chi connectivity index (χ0v) is 11.3. The summed E-state index contributed by atoms with van der Waals surface area (Å²) >= 11 is 0. The summed E-state index contributed by atoms with van der Waals surface area (Å²) < 4.78 is 0. The normalized spacial score (nSPS) is 18.7. The number of hydrogen-bond donors (Lipinski definition) is 1. The fourth-order valence-electron chi connectivity index (χ4n) is 2.39. The predicted molar refractivity (Wildman–Crippen MR) is 69.7 cm³/mol. The minimum absolute atomic E-state index is 0. The van der Waals surface area contributed by atoms with E-state index in [0.29, 0.717) is 13.0 Å². The smallest absolute Gasteiger partial charge is 0.222 e. The Hall–Kier alpha value is -0.280. The van der Waals surface area contributed by atoms with Gasteiger partial charge in [-0.1, -0.05) is 19.3 Å². The van der Waals surface area contributed by atoms with Gasteiger partial charge in [0, 0.05) is 20.0 Å². The second-order valence-corrected chi connectivity index (χ2v) is 4.85. The first-order valence-corrected chi connectivity index (χ1v) is 6.07. The quantitative estimate of drug-likeness (QED) is 0.829. The zero-order valence-electron chi connectivity index (χ0n) is 10.5. The van der Waals surface area contributed by atoms with Crippen molar-refractivity contribution in [2.45, 2.75) is 45.4 Å². The Morgan fingerprint density at radius 2 is 1.88 bits per heavy atom. The second-order valence-electron chi connectivity index (χ2n) is 4.85. The van der Waals surface area contributed by atoms with Crippen LogP contribution in [0.5, 0.6) is 0 Å². The van der Waals surface area contributed by atoms with Crippen LogP contribution in [0.25, 0.3) is 0 Å². The molecule has 0 saturated heterocycles. The van der Waals surface area contributed by atoms with Crippen LogP contribution in [0.2, 0.25) is 0 Å². The fraction of sp³-hybridized carbons (Fsp3) is 0.917. The van der Waals surface area contributed by atoms with Crippen molar-refractivity contribution in [2.75, 3.05) is 20.1 Å². The zero-order chi connectivity index (χ0) is 11.3. The van der Waals surface area contributed by atoms with Crippen LogP contribution in [0, 0.1) is 5.41 Å². The molecular weight excluding hydrogens is 224 g/mol. The Morgan fingerprint density at radius 1 is 1.31 bits per heavy atom. The van der Waals surface area contributed by atoms with E-state index in [4.69, 9.17) is 5.73 Å². The molecule has 0 spiro atoms. The maximum Gasteiger partial charge on any atom is 0.222 e. The number of rotatable bonds is 4. The first kappa shape index (κ1) is 15.7. The summed E-state index contributed by atoms with van der Waals surface area (Å²) in [6, 6.07) is 0. The molecule has 2 N–H and O–H groups in total. The SMILES string of the molecule is CCN(C)C(=O)CC1(CN)CCCCC1.Cl. The molecule has 0 atom stereocenters. The van der Waals surface area contributed by atoms with E-state index >= 15 is 0 Å². The molecule has 4 heteroatoms. The standard InChI is InChI=1S/C12H24N2O.ClH/c1-3-14(2)11(15)9-12(10-13)7-5-4-6-8-12;/h3-10,13H2,1-2H3;1H. The molecule has 0 aromatic rings. The molecule has 16 heavy (non-hydrogen) atoms. The molecule has 1 rings (SSSR count). The number of carbonyl (C=O) groups is 1. The Balaban J connectivity index is 0.00000225. The highest BCUT2D eigenvalue weighted by atomic mass is 35.5. The van der Waals surface area contributed by atoms with Gasteiger partial charge in [-0.3, -0.25) is 4.79 Å². The summed E-state index contributed by atoms with van der Waals surface area (Å²) in [4.78, 5) is 13.7. The van der Waals surface area contributed by atoms with Gasteiger partial charge in [0.2, 0.25) is 5.91 Å². The lowest BCUT2D eigenvalue weighted by atomic mass is 9.71. The minimum Gasteiger partial charge on any atom is -0.346 e. The summed E-state index contributed by atoms with van der Waals surface area (Å²) in [5.74, 6) is 0.254. The van der Waals surface area contributed by atoms with Gasteiger partial charge in [-0.05, 0) is 31.7 Å². The highest BCUT2D eigenvalue weighted by Gasteiger charge is 2.33. The first-order valence-electron chi connectivity index (χ1n) is 6.07. The third-order valence-corrected chi connectivity index (χ3v) is 3.77. The van der Waals surface area contributed by atoms with Gasteiger partial charge in [0.15, 0.2) is 0 Å². The number of carbonyl (C=O) groups excluding carboxylic acids is 1. The van der Waals surface area contributed by atoms with E-state index in [0.717, 1.165) is 19.4 Å². The molecule has 96 valence electrons. The van der Waals surface area contributed by atoms with E-state index < -0.39 is 0 Å². The largest absolute Gasteiger partial charge is 0.346 e. The molecule has 0 radical (unpaired) electrons. The monoisotopic (exact) mass is 248 g/mol. The topological polar surface area (TPSA) is 46.3 Å². The average Bonchev–Trinajstić information content (AvgIpc) is 2.29. The minimum atomic E-state index is 0. The van der Waals surface area contributed by atoms with Crippen molar-refractivity contribution in [3.63, 3.8) is 0 Å². The molecule has 0 aromatic heterocycles. The Kier molecular flexibility index (Phi) is 7.00. The van der Waals surface area contributed by atoms with Crippen LogP contribution >= 0.6 is 12.4 Å². The van der Waals surface area contributed by atoms with Crippen molar-refractivity contribution >= 4 is 18.3 Å². The fourth-order valence-corrected chi connectivity index (χ4v) is 2.39. The van der Waals surface area contributed by atoms with Crippen LogP contribution in [0.15, 0.2) is 0 Å². The van der Waals surface area contributed by atoms with Gasteiger partial charge >= 0.3 is 0 Å². The van der Waals surface area contributed by atoms with Crippen molar-refractivity contribution in [2.24, 2.45) is 11.1 Å². The third kappa shape index (κ3) is 3.95. The van der Waals surface area contributed by atoms with Crippen LogP contribution in [-0.4, -0.2) is 30.9 Å². The molecular formula is C12H25ClN2O. The molecule has 0 heterocycles. The molecule has 3 nitrogen and oxygen atoms in total. The average molecular weight is 249 g/mol. The highest BCUT2D eigenvalue weighted by molar-refractivity contribution is 5.85. The molecule has 0 bridgehead atoms. The van der Waals surface area contributed by atoms with E-state index in [2.05, 4.69) is 0 Å². The molecule has 0 aliphatic heterocycles. The second kappa shape index (κ2) is 7.13. The van der Waals surface area contributed by atoms with E-state index in [1.807, 2.05) is 14.0 Å². The van der Waals surface area contributed by atoms with Crippen LogP contribution in [0.4, 0.5) is 0 Å². The summed E-state index contributed by atoms with van der Waals surface area (Å²) in [5, 5.41) is 0. The first-order chi connectivity index (χ1) is 7.13. The lowest BCUT2D eigenvalue weighted by molar-refractivity contribution is -0.132. The van der Waals surface area contributed by atoms with Gasteiger partial charge in [0.25, 0.3) is 0 Å². The van der Waals surface area contributed by atoms with E-state index in [1.165, 1.54) is 19.3 Å². The lowest BCUT2D eigenvalue weighted by Crippen LogP contribution is -2.39. The van der Waals surface area contributed by atoms with Crippen LogP contribution < -0.4 is 5.73 Å². The summed E-state index contributed by atoms with van der Waals surface area (Å²) in [5.41, 5.74) is 5.97. The third-order valence-electron chi connectivity index (χ3n) is 3.77. The Morgan fingerprint density at radius 3 is 2.31 bits per heavy atom. The van der Waals surface area contributed by atoms with Crippen molar-refractivity contribution in [1.29, 1.82) is 0 Å². The number of amides is 1. The molecule has 1 saturated carbocycles.